The summed E-state index contributed by atoms with van der Waals surface area (Å²) in [5, 5.41) is 10.7. The molecule has 2 aromatic carbocycles. The largest absolute Gasteiger partial charge is 0.492 e. The molecular formula is C16H11ClN2O. The van der Waals surface area contributed by atoms with E-state index in [1.54, 1.807) is 0 Å². The lowest BCUT2D eigenvalue weighted by Crippen LogP contribution is -1.94. The maximum absolute atomic E-state index is 6.13. The Morgan fingerprint density at radius 3 is 2.70 bits per heavy atom. The number of nitrogens with zero attached hydrogens (tertiary/aromatic N) is 2. The van der Waals surface area contributed by atoms with Gasteiger partial charge in [-0.3, -0.25) is 0 Å². The number of hydrogen-bond donors (Lipinski definition) is 0. The summed E-state index contributed by atoms with van der Waals surface area (Å²) in [4.78, 5) is 0. The zero-order valence-electron chi connectivity index (χ0n) is 10.6. The number of halogens is 1. The summed E-state index contributed by atoms with van der Waals surface area (Å²) in [5.41, 5.74) is 3.03. The van der Waals surface area contributed by atoms with Gasteiger partial charge >= 0.3 is 0 Å². The average molecular weight is 283 g/mol. The highest BCUT2D eigenvalue weighted by Crippen LogP contribution is 2.39. The number of hydrogen-bond acceptors (Lipinski definition) is 3. The third-order valence-corrected chi connectivity index (χ3v) is 3.89. The van der Waals surface area contributed by atoms with E-state index in [0.29, 0.717) is 5.15 Å². The number of ether oxygens (including phenoxy) is 1. The van der Waals surface area contributed by atoms with Crippen molar-refractivity contribution < 1.29 is 4.74 Å². The molecule has 1 aliphatic heterocycles. The molecule has 0 spiro atoms. The fourth-order valence-corrected chi connectivity index (χ4v) is 2.87. The first-order valence-electron chi connectivity index (χ1n) is 6.50. The molecule has 4 heteroatoms. The average Bonchev–Trinajstić information content (AvgIpc) is 2.97. The van der Waals surface area contributed by atoms with Crippen LogP contribution in [-0.4, -0.2) is 16.8 Å². The summed E-state index contributed by atoms with van der Waals surface area (Å²) >= 11 is 6.13. The molecule has 0 atom stereocenters. The minimum atomic E-state index is 0.429. The number of benzene rings is 2. The quantitative estimate of drug-likeness (QED) is 0.679. The monoisotopic (exact) mass is 282 g/mol. The molecule has 4 rings (SSSR count). The Balaban J connectivity index is 2.05. The van der Waals surface area contributed by atoms with Crippen LogP contribution in [0.5, 0.6) is 5.75 Å². The van der Waals surface area contributed by atoms with E-state index in [1.807, 2.05) is 36.4 Å². The van der Waals surface area contributed by atoms with Gasteiger partial charge in [0.2, 0.25) is 0 Å². The van der Waals surface area contributed by atoms with Gasteiger partial charge in [-0.1, -0.05) is 48.0 Å². The topological polar surface area (TPSA) is 35.0 Å². The fraction of sp³-hybridized carbons (Fsp3) is 0.125. The van der Waals surface area contributed by atoms with Crippen LogP contribution in [0.1, 0.15) is 5.56 Å². The van der Waals surface area contributed by atoms with E-state index in [2.05, 4.69) is 16.3 Å². The van der Waals surface area contributed by atoms with Crippen LogP contribution in [0.3, 0.4) is 0 Å². The third-order valence-electron chi connectivity index (χ3n) is 3.61. The van der Waals surface area contributed by atoms with Crippen LogP contribution in [0.4, 0.5) is 0 Å². The molecule has 0 saturated heterocycles. The van der Waals surface area contributed by atoms with Crippen LogP contribution in [0.25, 0.3) is 22.0 Å². The Labute approximate surface area is 121 Å². The van der Waals surface area contributed by atoms with E-state index in [1.165, 1.54) is 5.56 Å². The molecule has 0 aliphatic carbocycles. The van der Waals surface area contributed by atoms with Crippen molar-refractivity contribution >= 4 is 22.4 Å². The normalized spacial score (nSPS) is 13.2. The summed E-state index contributed by atoms with van der Waals surface area (Å²) < 4.78 is 5.76. The highest BCUT2D eigenvalue weighted by molar-refractivity contribution is 6.34. The molecule has 0 unspecified atom stereocenters. The van der Waals surface area contributed by atoms with Crippen molar-refractivity contribution in [2.75, 3.05) is 6.61 Å². The first-order valence-corrected chi connectivity index (χ1v) is 6.88. The molecule has 0 bridgehead atoms. The van der Waals surface area contributed by atoms with Crippen LogP contribution in [0.2, 0.25) is 5.15 Å². The van der Waals surface area contributed by atoms with Gasteiger partial charge in [-0.15, -0.1) is 10.2 Å². The summed E-state index contributed by atoms with van der Waals surface area (Å²) in [5.74, 6) is 0.925. The van der Waals surface area contributed by atoms with Gasteiger partial charge in [-0.2, -0.15) is 0 Å². The minimum absolute atomic E-state index is 0.429. The predicted molar refractivity (Wildman–Crippen MR) is 79.2 cm³/mol. The number of rotatable bonds is 1. The van der Waals surface area contributed by atoms with Gasteiger partial charge in [0.25, 0.3) is 0 Å². The second-order valence-corrected chi connectivity index (χ2v) is 5.14. The van der Waals surface area contributed by atoms with E-state index in [0.717, 1.165) is 40.8 Å². The summed E-state index contributed by atoms with van der Waals surface area (Å²) in [7, 11) is 0. The molecule has 20 heavy (non-hydrogen) atoms. The highest BCUT2D eigenvalue weighted by Gasteiger charge is 2.20. The molecule has 0 N–H and O–H groups in total. The molecule has 0 saturated carbocycles. The Morgan fingerprint density at radius 1 is 0.950 bits per heavy atom. The molecule has 0 radical (unpaired) electrons. The molecule has 3 aromatic rings. The van der Waals surface area contributed by atoms with Gasteiger partial charge in [-0.25, -0.2) is 0 Å². The lowest BCUT2D eigenvalue weighted by atomic mass is 10.0. The molecule has 0 fully saturated rings. The van der Waals surface area contributed by atoms with Gasteiger partial charge in [-0.05, 0) is 11.6 Å². The van der Waals surface area contributed by atoms with Crippen LogP contribution >= 0.6 is 11.6 Å². The van der Waals surface area contributed by atoms with Gasteiger partial charge < -0.3 is 4.74 Å². The van der Waals surface area contributed by atoms with Crippen LogP contribution in [0, 0.1) is 0 Å². The van der Waals surface area contributed by atoms with Crippen molar-refractivity contribution in [3.8, 4) is 17.0 Å². The van der Waals surface area contributed by atoms with Gasteiger partial charge in [0.05, 0.1) is 6.61 Å². The van der Waals surface area contributed by atoms with E-state index < -0.39 is 0 Å². The SMILES string of the molecule is Clc1nnc(-c2cccc3c2OCC3)c2ccccc12. The van der Waals surface area contributed by atoms with Crippen LogP contribution in [0.15, 0.2) is 42.5 Å². The molecule has 3 nitrogen and oxygen atoms in total. The van der Waals surface area contributed by atoms with Gasteiger partial charge in [0, 0.05) is 22.8 Å². The van der Waals surface area contributed by atoms with Crippen molar-refractivity contribution in [2.45, 2.75) is 6.42 Å². The van der Waals surface area contributed by atoms with E-state index in [4.69, 9.17) is 16.3 Å². The van der Waals surface area contributed by atoms with Crippen molar-refractivity contribution in [1.29, 1.82) is 0 Å². The highest BCUT2D eigenvalue weighted by atomic mass is 35.5. The van der Waals surface area contributed by atoms with E-state index in [9.17, 15) is 0 Å². The summed E-state index contributed by atoms with van der Waals surface area (Å²) in [6.07, 6.45) is 0.947. The lowest BCUT2D eigenvalue weighted by molar-refractivity contribution is 0.358. The maximum Gasteiger partial charge on any atom is 0.159 e. The lowest BCUT2D eigenvalue weighted by Gasteiger charge is -2.10. The molecule has 0 amide bonds. The maximum atomic E-state index is 6.13. The Kier molecular flexibility index (Phi) is 2.60. The predicted octanol–water partition coefficient (Wildman–Crippen LogP) is 3.89. The van der Waals surface area contributed by atoms with Crippen LogP contribution in [-0.2, 0) is 6.42 Å². The van der Waals surface area contributed by atoms with Crippen LogP contribution < -0.4 is 4.74 Å². The standard InChI is InChI=1S/C16H11ClN2O/c17-16-12-6-2-1-5-11(12)14(18-19-16)13-7-3-4-10-8-9-20-15(10)13/h1-7H,8-9H2. The van der Waals surface area contributed by atoms with E-state index in [-0.39, 0.29) is 0 Å². The van der Waals surface area contributed by atoms with Crippen molar-refractivity contribution in [2.24, 2.45) is 0 Å². The summed E-state index contributed by atoms with van der Waals surface area (Å²) in [6, 6.07) is 14.1. The summed E-state index contributed by atoms with van der Waals surface area (Å²) in [6.45, 7) is 0.727. The second-order valence-electron chi connectivity index (χ2n) is 4.78. The number of aromatic nitrogens is 2. The zero-order chi connectivity index (χ0) is 13.5. The number of fused-ring (bicyclic) bond motifs is 2. The molecule has 2 heterocycles. The van der Waals surface area contributed by atoms with Crippen molar-refractivity contribution in [3.63, 3.8) is 0 Å². The first-order chi connectivity index (χ1) is 9.84. The van der Waals surface area contributed by atoms with Crippen molar-refractivity contribution in [3.05, 3.63) is 53.2 Å². The number of para-hydroxylation sites is 1. The Morgan fingerprint density at radius 2 is 1.80 bits per heavy atom. The molecule has 1 aromatic heterocycles. The Hall–Kier alpha value is -2.13. The smallest absolute Gasteiger partial charge is 0.159 e. The van der Waals surface area contributed by atoms with E-state index >= 15 is 0 Å². The first kappa shape index (κ1) is 11.7. The zero-order valence-corrected chi connectivity index (χ0v) is 11.4. The van der Waals surface area contributed by atoms with Crippen molar-refractivity contribution in [1.82, 2.24) is 10.2 Å². The third kappa shape index (κ3) is 1.67. The molecule has 1 aliphatic rings. The fourth-order valence-electron chi connectivity index (χ4n) is 2.67. The van der Waals surface area contributed by atoms with Gasteiger partial charge in [0.15, 0.2) is 5.15 Å². The second kappa shape index (κ2) is 4.46. The minimum Gasteiger partial charge on any atom is -0.492 e. The molecule has 98 valence electrons. The van der Waals surface area contributed by atoms with Gasteiger partial charge in [0.1, 0.15) is 11.4 Å². The Bertz CT molecular complexity index is 817. The molecular weight excluding hydrogens is 272 g/mol.